The molecule has 0 aliphatic rings. The highest BCUT2D eigenvalue weighted by molar-refractivity contribution is 8.07. The molecule has 5 heteroatoms. The van der Waals surface area contributed by atoms with E-state index in [-0.39, 0.29) is 5.75 Å². The monoisotopic (exact) mass is 343 g/mol. The quantitative estimate of drug-likeness (QED) is 0.378. The van der Waals surface area contributed by atoms with Crippen LogP contribution in [-0.2, 0) is 3.63 Å². The molecule has 0 spiro atoms. The van der Waals surface area contributed by atoms with Gasteiger partial charge in [0.05, 0.1) is 5.69 Å². The van der Waals surface area contributed by atoms with E-state index in [1.807, 2.05) is 60.7 Å². The summed E-state index contributed by atoms with van der Waals surface area (Å²) in [4.78, 5) is 2.22. The first-order valence-corrected chi connectivity index (χ1v) is 8.39. The SMILES string of the molecule is Nc1ccccc1O.c1ccc(SOSc2ccccc2)cc1. The Balaban J connectivity index is 0.000000203. The van der Waals surface area contributed by atoms with Crippen LogP contribution < -0.4 is 5.73 Å². The van der Waals surface area contributed by atoms with Crippen LogP contribution in [0.3, 0.4) is 0 Å². The van der Waals surface area contributed by atoms with Crippen molar-refractivity contribution in [1.29, 1.82) is 0 Å². The Kier molecular flexibility index (Phi) is 7.39. The van der Waals surface area contributed by atoms with Gasteiger partial charge in [-0.15, -0.1) is 0 Å². The van der Waals surface area contributed by atoms with E-state index in [4.69, 9.17) is 14.5 Å². The number of phenols is 1. The van der Waals surface area contributed by atoms with E-state index in [2.05, 4.69) is 0 Å². The Labute approximate surface area is 144 Å². The first-order valence-electron chi connectivity index (χ1n) is 6.90. The molecule has 0 saturated heterocycles. The molecule has 0 saturated carbocycles. The van der Waals surface area contributed by atoms with Crippen LogP contribution in [0.5, 0.6) is 5.75 Å². The van der Waals surface area contributed by atoms with Gasteiger partial charge in [0, 0.05) is 33.9 Å². The van der Waals surface area contributed by atoms with Crippen LogP contribution in [-0.4, -0.2) is 5.11 Å². The van der Waals surface area contributed by atoms with Crippen LogP contribution in [0.4, 0.5) is 5.69 Å². The van der Waals surface area contributed by atoms with Gasteiger partial charge in [0.15, 0.2) is 0 Å². The molecule has 0 unspecified atom stereocenters. The average molecular weight is 343 g/mol. The van der Waals surface area contributed by atoms with E-state index >= 15 is 0 Å². The molecule has 0 heterocycles. The molecule has 118 valence electrons. The number of anilines is 1. The number of nitrogens with two attached hydrogens (primary N) is 1. The fourth-order valence-electron chi connectivity index (χ4n) is 1.54. The fourth-order valence-corrected chi connectivity index (χ4v) is 2.84. The summed E-state index contributed by atoms with van der Waals surface area (Å²) in [5.74, 6) is 0.146. The molecule has 0 amide bonds. The van der Waals surface area contributed by atoms with Crippen molar-refractivity contribution in [3.05, 3.63) is 84.9 Å². The van der Waals surface area contributed by atoms with E-state index in [1.165, 1.54) is 24.1 Å². The maximum atomic E-state index is 8.79. The lowest BCUT2D eigenvalue weighted by Gasteiger charge is -2.00. The number of benzene rings is 3. The smallest absolute Gasteiger partial charge is 0.138 e. The number of aromatic hydroxyl groups is 1. The summed E-state index contributed by atoms with van der Waals surface area (Å²) < 4.78 is 5.44. The summed E-state index contributed by atoms with van der Waals surface area (Å²) in [7, 11) is 0. The van der Waals surface area contributed by atoms with Crippen LogP contribution in [0.2, 0.25) is 0 Å². The number of nitrogen functional groups attached to an aromatic ring is 1. The van der Waals surface area contributed by atoms with E-state index in [1.54, 1.807) is 24.3 Å². The standard InChI is InChI=1S/C12H10OS2.C6H7NO/c1-3-7-11(8-4-1)14-13-15-12-9-5-2-6-10-12;7-5-3-1-2-4-6(5)8/h1-10H;1-4,8H,7H2. The molecule has 0 atom stereocenters. The molecule has 3 nitrogen and oxygen atoms in total. The third-order valence-corrected chi connectivity index (χ3v) is 4.16. The lowest BCUT2D eigenvalue weighted by Crippen LogP contribution is -1.82. The molecule has 3 aromatic rings. The number of hydrogen-bond acceptors (Lipinski definition) is 5. The predicted octanol–water partition coefficient (Wildman–Crippen LogP) is 5.39. The van der Waals surface area contributed by atoms with Gasteiger partial charge in [-0.05, 0) is 36.4 Å². The van der Waals surface area contributed by atoms with Gasteiger partial charge in [-0.1, -0.05) is 48.5 Å². The van der Waals surface area contributed by atoms with Gasteiger partial charge in [0.2, 0.25) is 0 Å². The highest BCUT2D eigenvalue weighted by Crippen LogP contribution is 2.28. The van der Waals surface area contributed by atoms with E-state index < -0.39 is 0 Å². The van der Waals surface area contributed by atoms with Crippen molar-refractivity contribution >= 4 is 29.8 Å². The van der Waals surface area contributed by atoms with Crippen LogP contribution >= 0.6 is 24.1 Å². The van der Waals surface area contributed by atoms with Crippen molar-refractivity contribution in [3.8, 4) is 5.75 Å². The van der Waals surface area contributed by atoms with E-state index in [9.17, 15) is 0 Å². The van der Waals surface area contributed by atoms with Gasteiger partial charge in [-0.3, -0.25) is 0 Å². The maximum absolute atomic E-state index is 8.79. The van der Waals surface area contributed by atoms with Crippen LogP contribution in [0.25, 0.3) is 0 Å². The second-order valence-corrected chi connectivity index (χ2v) is 6.24. The minimum atomic E-state index is 0.146. The van der Waals surface area contributed by atoms with E-state index in [0.717, 1.165) is 9.79 Å². The first-order chi connectivity index (χ1) is 11.3. The van der Waals surface area contributed by atoms with E-state index in [0.29, 0.717) is 5.69 Å². The summed E-state index contributed by atoms with van der Waals surface area (Å²) in [5, 5.41) is 8.79. The summed E-state index contributed by atoms with van der Waals surface area (Å²) in [5.41, 5.74) is 5.69. The third kappa shape index (κ3) is 6.69. The zero-order chi connectivity index (χ0) is 16.3. The molecular formula is C18H17NO2S2. The topological polar surface area (TPSA) is 55.5 Å². The Bertz CT molecular complexity index is 633. The highest BCUT2D eigenvalue weighted by atomic mass is 32.2. The van der Waals surface area contributed by atoms with Gasteiger partial charge in [-0.2, -0.15) is 0 Å². The molecule has 0 aliphatic carbocycles. The molecule has 0 fully saturated rings. The van der Waals surface area contributed by atoms with Crippen molar-refractivity contribution in [2.24, 2.45) is 0 Å². The highest BCUT2D eigenvalue weighted by Gasteiger charge is 1.96. The second-order valence-electron chi connectivity index (χ2n) is 4.42. The molecular weight excluding hydrogens is 326 g/mol. The van der Waals surface area contributed by atoms with Crippen molar-refractivity contribution in [2.45, 2.75) is 9.79 Å². The molecule has 0 radical (unpaired) electrons. The van der Waals surface area contributed by atoms with Crippen molar-refractivity contribution < 1.29 is 8.74 Å². The van der Waals surface area contributed by atoms with Crippen molar-refractivity contribution in [3.63, 3.8) is 0 Å². The third-order valence-electron chi connectivity index (χ3n) is 2.68. The molecule has 0 aliphatic heterocycles. The van der Waals surface area contributed by atoms with Crippen LogP contribution in [0.15, 0.2) is 94.7 Å². The van der Waals surface area contributed by atoms with Crippen molar-refractivity contribution in [1.82, 2.24) is 0 Å². The minimum absolute atomic E-state index is 0.146. The predicted molar refractivity (Wildman–Crippen MR) is 98.2 cm³/mol. The first kappa shape index (κ1) is 17.3. The van der Waals surface area contributed by atoms with Crippen LogP contribution in [0.1, 0.15) is 0 Å². The normalized spacial score (nSPS) is 9.74. The Morgan fingerprint density at radius 3 is 1.48 bits per heavy atom. The number of hydrogen-bond donors (Lipinski definition) is 2. The summed E-state index contributed by atoms with van der Waals surface area (Å²) in [6, 6.07) is 26.8. The minimum Gasteiger partial charge on any atom is -0.506 e. The Hall–Kier alpha value is -2.08. The number of phenolic OH excluding ortho intramolecular Hbond substituents is 1. The summed E-state index contributed by atoms with van der Waals surface area (Å²) in [6.07, 6.45) is 0. The van der Waals surface area contributed by atoms with Gasteiger partial charge in [0.25, 0.3) is 0 Å². The van der Waals surface area contributed by atoms with Gasteiger partial charge < -0.3 is 10.8 Å². The maximum Gasteiger partial charge on any atom is 0.138 e. The molecule has 0 aromatic heterocycles. The Morgan fingerprint density at radius 1 is 0.652 bits per heavy atom. The fraction of sp³-hybridized carbons (Fsp3) is 0. The second kappa shape index (κ2) is 9.84. The van der Waals surface area contributed by atoms with Gasteiger partial charge in [0.1, 0.15) is 5.75 Å². The zero-order valence-corrected chi connectivity index (χ0v) is 14.0. The Morgan fingerprint density at radius 2 is 1.09 bits per heavy atom. The number of para-hydroxylation sites is 2. The number of rotatable bonds is 4. The largest absolute Gasteiger partial charge is 0.506 e. The lowest BCUT2D eigenvalue weighted by molar-refractivity contribution is 0.478. The van der Waals surface area contributed by atoms with Gasteiger partial charge in [-0.25, -0.2) is 3.63 Å². The molecule has 3 rings (SSSR count). The van der Waals surface area contributed by atoms with Crippen LogP contribution in [0, 0.1) is 0 Å². The summed E-state index contributed by atoms with van der Waals surface area (Å²) >= 11 is 2.76. The van der Waals surface area contributed by atoms with Crippen molar-refractivity contribution in [2.75, 3.05) is 5.73 Å². The lowest BCUT2D eigenvalue weighted by atomic mass is 10.3. The molecule has 23 heavy (non-hydrogen) atoms. The zero-order valence-electron chi connectivity index (χ0n) is 12.3. The molecule has 0 bridgehead atoms. The molecule has 3 N–H and O–H groups in total. The average Bonchev–Trinajstić information content (AvgIpc) is 2.60. The summed E-state index contributed by atoms with van der Waals surface area (Å²) in [6.45, 7) is 0. The molecule has 3 aromatic carbocycles. The van der Waals surface area contributed by atoms with Gasteiger partial charge >= 0.3 is 0 Å².